The maximum absolute atomic E-state index is 11.9. The van der Waals surface area contributed by atoms with Gasteiger partial charge in [0, 0.05) is 83.3 Å². The molecule has 5 heterocycles. The number of anilines is 1. The van der Waals surface area contributed by atoms with Crippen molar-refractivity contribution < 1.29 is 39.9 Å². The van der Waals surface area contributed by atoms with E-state index in [1.165, 1.54) is 31.0 Å². The van der Waals surface area contributed by atoms with Crippen molar-refractivity contribution in [3.8, 4) is 74.4 Å². The minimum absolute atomic E-state index is 0.00473. The zero-order chi connectivity index (χ0) is 64.3. The Bertz CT molecular complexity index is 4990. The molecule has 3 saturated carbocycles. The van der Waals surface area contributed by atoms with E-state index < -0.39 is 0 Å². The van der Waals surface area contributed by atoms with Gasteiger partial charge in [0.15, 0.2) is 10.9 Å². The lowest BCUT2D eigenvalue weighted by Crippen LogP contribution is -2.36. The number of rotatable bonds is 19. The molecular weight excluding hydrogens is 1220 g/mol. The van der Waals surface area contributed by atoms with E-state index in [1.54, 1.807) is 22.5 Å². The summed E-state index contributed by atoms with van der Waals surface area (Å²) in [4.78, 5) is 1.94. The molecule has 5 aromatic heterocycles. The predicted molar refractivity (Wildman–Crippen MR) is 368 cm³/mol. The highest BCUT2D eigenvalue weighted by Gasteiger charge is 2.34. The third-order valence-electron chi connectivity index (χ3n) is 18.8. The zero-order valence-electron chi connectivity index (χ0n) is 52.4. The molecule has 0 spiro atoms. The van der Waals surface area contributed by atoms with Gasteiger partial charge in [0.25, 0.3) is 5.82 Å². The summed E-state index contributed by atoms with van der Waals surface area (Å²) in [6.07, 6.45) is 13.6. The summed E-state index contributed by atoms with van der Waals surface area (Å²) >= 11 is 18.9. The van der Waals surface area contributed by atoms with Gasteiger partial charge in [-0.15, -0.1) is 14.9 Å². The van der Waals surface area contributed by atoms with Crippen molar-refractivity contribution in [3.63, 3.8) is 0 Å². The van der Waals surface area contributed by atoms with Crippen LogP contribution >= 0.6 is 36.7 Å². The summed E-state index contributed by atoms with van der Waals surface area (Å²) in [5.41, 5.74) is 11.3. The highest BCUT2D eigenvalue weighted by molar-refractivity contribution is 7.80. The Hall–Kier alpha value is -9.31. The number of H-pyrrole nitrogens is 1. The van der Waals surface area contributed by atoms with E-state index in [1.807, 2.05) is 88.7 Å². The van der Waals surface area contributed by atoms with Crippen molar-refractivity contribution >= 4 is 85.9 Å². The van der Waals surface area contributed by atoms with E-state index >= 15 is 0 Å². The second kappa shape index (κ2) is 23.4. The number of nitrogens with zero attached hydrogens (tertiary/aromatic N) is 9. The summed E-state index contributed by atoms with van der Waals surface area (Å²) in [5, 5.41) is 83.4. The van der Waals surface area contributed by atoms with Crippen LogP contribution in [-0.4, -0.2) is 80.6 Å². The van der Waals surface area contributed by atoms with Gasteiger partial charge >= 0.3 is 4.77 Å². The van der Waals surface area contributed by atoms with Crippen molar-refractivity contribution in [2.45, 2.75) is 131 Å². The third kappa shape index (κ3) is 10.4. The van der Waals surface area contributed by atoms with E-state index in [0.717, 1.165) is 98.7 Å². The van der Waals surface area contributed by atoms with Gasteiger partial charge in [-0.3, -0.25) is 9.47 Å². The lowest BCUT2D eigenvalue weighted by atomic mass is 10.0. The average Bonchev–Trinajstić information content (AvgIpc) is 1.68. The molecule has 0 atom stereocenters. The predicted octanol–water partition coefficient (Wildman–Crippen LogP) is 15.2. The second-order valence-electron chi connectivity index (χ2n) is 25.1. The molecule has 0 saturated heterocycles. The van der Waals surface area contributed by atoms with Crippen LogP contribution in [-0.2, 0) is 26.4 Å². The molecule has 0 amide bonds. The monoisotopic (exact) mass is 1290 g/mol. The molecule has 0 aliphatic heterocycles. The van der Waals surface area contributed by atoms with Crippen LogP contribution in [0.25, 0.3) is 72.6 Å². The largest absolute Gasteiger partial charge is 0.508 e. The fourth-order valence-electron chi connectivity index (χ4n) is 13.3. The van der Waals surface area contributed by atoms with E-state index in [0.29, 0.717) is 84.5 Å². The number of phenols is 6. The highest BCUT2D eigenvalue weighted by Crippen LogP contribution is 2.50. The number of hydrogen-bond acceptors (Lipinski definition) is 11. The number of phenolic OH excluding ortho intramolecular Hbond substituents is 6. The third-order valence-corrected chi connectivity index (χ3v) is 19.8. The van der Waals surface area contributed by atoms with E-state index in [2.05, 4.69) is 82.3 Å². The van der Waals surface area contributed by atoms with Crippen LogP contribution < -0.4 is 19.5 Å². The molecule has 0 bridgehead atoms. The number of aromatic amines is 1. The molecule has 3 aliphatic rings. The smallest absolute Gasteiger partial charge is 0.328 e. The van der Waals surface area contributed by atoms with Crippen molar-refractivity contribution in [2.75, 3.05) is 11.9 Å². The van der Waals surface area contributed by atoms with Gasteiger partial charge in [-0.05, 0) is 229 Å². The SMILES string of the molecule is CCC=C(c1cc(C2CC2)c(O)cc1O)N(C(=S)NC)c1ccc2c(c1)c(C)c(C)n2Cn1nc(-c2cc(C3CC3)c(O)cc2O)n(-c2ccc(OCn3[nH]c(=S)[n+](-c4cccc5c4ccn5CC4CC4)c3-c3cc(CC)c(O)cc3O)c3c2ccn3C(C)C)c1=S. The number of ether oxygens (including phenoxy) is 1. The van der Waals surface area contributed by atoms with Crippen molar-refractivity contribution in [3.05, 3.63) is 159 Å². The van der Waals surface area contributed by atoms with Gasteiger partial charge in [-0.25, -0.2) is 4.68 Å². The lowest BCUT2D eigenvalue weighted by molar-refractivity contribution is -0.590. The number of allylic oxidation sites excluding steroid dienone is 1. The van der Waals surface area contributed by atoms with Gasteiger partial charge in [0.1, 0.15) is 52.6 Å². The van der Waals surface area contributed by atoms with Crippen molar-refractivity contribution in [1.82, 2.24) is 43.1 Å². The van der Waals surface area contributed by atoms with Crippen molar-refractivity contribution in [1.29, 1.82) is 0 Å². The number of aryl methyl sites for hydroxylation is 2. The number of aromatic hydroxyl groups is 6. The Kier molecular flexibility index (Phi) is 15.3. The van der Waals surface area contributed by atoms with Crippen LogP contribution in [0.4, 0.5) is 5.69 Å². The molecule has 3 fully saturated rings. The van der Waals surface area contributed by atoms with E-state index in [9.17, 15) is 30.6 Å². The molecule has 18 nitrogen and oxygen atoms in total. The molecular formula is C71H74N11O7S3+. The second-order valence-corrected chi connectivity index (χ2v) is 26.3. The van der Waals surface area contributed by atoms with E-state index in [-0.39, 0.29) is 65.8 Å². The lowest BCUT2D eigenvalue weighted by Gasteiger charge is -2.29. The van der Waals surface area contributed by atoms with Crippen LogP contribution in [0.5, 0.6) is 40.2 Å². The molecule has 21 heteroatoms. The summed E-state index contributed by atoms with van der Waals surface area (Å²) in [5.74, 6) is 2.25. The number of nitrogens with one attached hydrogen (secondary N) is 2. The molecule has 3 aliphatic carbocycles. The molecule has 11 aromatic rings. The van der Waals surface area contributed by atoms with Crippen LogP contribution in [0, 0.1) is 29.3 Å². The van der Waals surface area contributed by atoms with E-state index in [4.69, 9.17) is 46.5 Å². The molecule has 6 aromatic carbocycles. The van der Waals surface area contributed by atoms with Crippen LogP contribution in [0.15, 0.2) is 116 Å². The Labute approximate surface area is 547 Å². The van der Waals surface area contributed by atoms with Gasteiger partial charge in [-0.2, -0.15) is 4.57 Å². The fourth-order valence-corrected chi connectivity index (χ4v) is 14.1. The van der Waals surface area contributed by atoms with Crippen molar-refractivity contribution in [2.24, 2.45) is 5.92 Å². The topological polar surface area (TPSA) is 208 Å². The number of benzene rings is 6. The number of fused-ring (bicyclic) bond motifs is 3. The molecule has 472 valence electrons. The van der Waals surface area contributed by atoms with Gasteiger partial charge in [-0.1, -0.05) is 26.0 Å². The van der Waals surface area contributed by atoms with Gasteiger partial charge < -0.3 is 54.4 Å². The molecule has 14 rings (SSSR count). The van der Waals surface area contributed by atoms with Crippen LogP contribution in [0.1, 0.15) is 124 Å². The molecule has 92 heavy (non-hydrogen) atoms. The minimum Gasteiger partial charge on any atom is -0.508 e. The van der Waals surface area contributed by atoms with Gasteiger partial charge in [0.05, 0.1) is 39.1 Å². The molecule has 0 radical (unpaired) electrons. The molecule has 8 N–H and O–H groups in total. The van der Waals surface area contributed by atoms with Crippen LogP contribution in [0.3, 0.4) is 0 Å². The maximum atomic E-state index is 11.9. The summed E-state index contributed by atoms with van der Waals surface area (Å²) < 4.78 is 21.7. The maximum Gasteiger partial charge on any atom is 0.328 e. The minimum atomic E-state index is -0.151. The standard InChI is InChI=1S/C71H73N11O7S3/c1-8-11-56(51-30-49(43-16-17-43)60(84)33-62(51)86)80(69(90)72-7)45-20-21-55-48(29-45)39(5)40(6)77(55)36-78-71(92)81(67(73-78)52-31-50(44-18-19-44)61(85)34-63(52)87)58-22-23-65(66-47(58)25-27-76(66)38(3)4)89-37-79-68(53-28-42(9-2)59(83)32-64(53)88)82(70(91)74-79)57-13-10-12-54-46(57)24-26-75(54)35-41-14-15-41/h10-13,20-34,38,41,43-44H,8-9,14-19,35-37H2,1-7H3,(H7,72,73,74,83,84,85,86,87,88,90,91)/p+1. The number of hydrogen-bond donors (Lipinski definition) is 8. The first-order valence-electron chi connectivity index (χ1n) is 31.6. The number of aromatic nitrogens is 9. The molecule has 0 unspecified atom stereocenters. The average molecular weight is 1290 g/mol. The first-order valence-corrected chi connectivity index (χ1v) is 32.9. The summed E-state index contributed by atoms with van der Waals surface area (Å²) in [6, 6.07) is 30.1. The Balaban J connectivity index is 0.878. The Morgan fingerprint density at radius 3 is 2.17 bits per heavy atom. The highest BCUT2D eigenvalue weighted by atomic mass is 32.1. The first-order chi connectivity index (χ1) is 44.3. The first kappa shape index (κ1) is 60.3. The summed E-state index contributed by atoms with van der Waals surface area (Å²) in [6.45, 7) is 13.4. The number of thiocarbonyl (C=S) groups is 1. The Morgan fingerprint density at radius 1 is 0.772 bits per heavy atom. The normalized spacial score (nSPS) is 14.4. The fraction of sp³-hybridized carbons (Fsp3) is 0.310. The zero-order valence-corrected chi connectivity index (χ0v) is 54.8. The quantitative estimate of drug-likeness (QED) is 0.0280. The summed E-state index contributed by atoms with van der Waals surface area (Å²) in [7, 11) is 1.78. The van der Waals surface area contributed by atoms with Crippen LogP contribution in [0.2, 0.25) is 0 Å². The van der Waals surface area contributed by atoms with Gasteiger partial charge in [0.2, 0.25) is 11.5 Å². The Morgan fingerprint density at radius 2 is 1.48 bits per heavy atom.